The van der Waals surface area contributed by atoms with Gasteiger partial charge < -0.3 is 5.32 Å². The van der Waals surface area contributed by atoms with E-state index in [2.05, 4.69) is 58.5 Å². The highest BCUT2D eigenvalue weighted by molar-refractivity contribution is 5.21. The number of nitrogens with one attached hydrogen (secondary N) is 1. The average Bonchev–Trinajstić information content (AvgIpc) is 2.95. The number of likely N-dealkylation sites (tertiary alicyclic amines) is 1. The third-order valence-electron chi connectivity index (χ3n) is 4.25. The first-order valence-electron chi connectivity index (χ1n) is 7.70. The Morgan fingerprint density at radius 3 is 2.90 bits per heavy atom. The van der Waals surface area contributed by atoms with Crippen molar-refractivity contribution in [2.75, 3.05) is 13.1 Å². The van der Waals surface area contributed by atoms with Crippen LogP contribution in [0.15, 0.2) is 48.8 Å². The maximum atomic E-state index is 4.21. The van der Waals surface area contributed by atoms with Gasteiger partial charge in [-0.2, -0.15) is 0 Å². The van der Waals surface area contributed by atoms with Gasteiger partial charge in [0, 0.05) is 44.6 Å². The molecule has 0 amide bonds. The first-order valence-corrected chi connectivity index (χ1v) is 7.70. The molecule has 1 aromatic heterocycles. The minimum Gasteiger partial charge on any atom is -0.309 e. The monoisotopic (exact) mass is 281 g/mol. The molecule has 1 unspecified atom stereocenters. The zero-order valence-corrected chi connectivity index (χ0v) is 12.6. The molecule has 21 heavy (non-hydrogen) atoms. The Balaban J connectivity index is 1.48. The number of nitrogens with zero attached hydrogens (tertiary/aromatic N) is 2. The molecule has 110 valence electrons. The fraction of sp³-hybridized carbons (Fsp3) is 0.389. The van der Waals surface area contributed by atoms with Gasteiger partial charge in [-0.05, 0) is 36.1 Å². The van der Waals surface area contributed by atoms with E-state index in [1.807, 2.05) is 12.4 Å². The number of aryl methyl sites for hydroxylation is 1. The van der Waals surface area contributed by atoms with Crippen LogP contribution in [-0.4, -0.2) is 29.0 Å². The summed E-state index contributed by atoms with van der Waals surface area (Å²) in [7, 11) is 0. The molecular weight excluding hydrogens is 258 g/mol. The van der Waals surface area contributed by atoms with Gasteiger partial charge in [0.1, 0.15) is 0 Å². The fourth-order valence-corrected chi connectivity index (χ4v) is 2.92. The highest BCUT2D eigenvalue weighted by atomic mass is 15.2. The lowest BCUT2D eigenvalue weighted by Crippen LogP contribution is -2.32. The Kier molecular flexibility index (Phi) is 4.63. The third-order valence-corrected chi connectivity index (χ3v) is 4.25. The minimum atomic E-state index is 0.591. The molecule has 1 aliphatic rings. The Labute approximate surface area is 127 Å². The summed E-state index contributed by atoms with van der Waals surface area (Å²) in [5.41, 5.74) is 4.02. The number of hydrogen-bond acceptors (Lipinski definition) is 3. The quantitative estimate of drug-likeness (QED) is 0.913. The number of benzene rings is 1. The molecule has 0 aliphatic carbocycles. The van der Waals surface area contributed by atoms with Crippen molar-refractivity contribution in [3.63, 3.8) is 0 Å². The summed E-state index contributed by atoms with van der Waals surface area (Å²) in [5.74, 6) is 0. The Bertz CT molecular complexity index is 568. The first-order chi connectivity index (χ1) is 10.3. The summed E-state index contributed by atoms with van der Waals surface area (Å²) >= 11 is 0. The zero-order chi connectivity index (χ0) is 14.5. The summed E-state index contributed by atoms with van der Waals surface area (Å²) in [5, 5.41) is 3.67. The third kappa shape index (κ3) is 3.90. The van der Waals surface area contributed by atoms with Gasteiger partial charge in [0.2, 0.25) is 0 Å². The molecule has 1 atom stereocenters. The molecular formula is C18H23N3. The zero-order valence-electron chi connectivity index (χ0n) is 12.6. The second kappa shape index (κ2) is 6.83. The van der Waals surface area contributed by atoms with Crippen molar-refractivity contribution in [1.29, 1.82) is 0 Å². The molecule has 0 saturated carbocycles. The van der Waals surface area contributed by atoms with E-state index in [9.17, 15) is 0 Å². The second-order valence-electron chi connectivity index (χ2n) is 5.89. The van der Waals surface area contributed by atoms with Crippen molar-refractivity contribution in [3.8, 4) is 0 Å². The van der Waals surface area contributed by atoms with Crippen LogP contribution in [0.3, 0.4) is 0 Å². The van der Waals surface area contributed by atoms with Crippen molar-refractivity contribution in [1.82, 2.24) is 15.2 Å². The van der Waals surface area contributed by atoms with Gasteiger partial charge in [0.15, 0.2) is 0 Å². The average molecular weight is 281 g/mol. The van der Waals surface area contributed by atoms with Crippen LogP contribution in [0.4, 0.5) is 0 Å². The molecule has 3 heteroatoms. The summed E-state index contributed by atoms with van der Waals surface area (Å²) in [6.07, 6.45) is 5.06. The molecule has 1 fully saturated rings. The van der Waals surface area contributed by atoms with Crippen LogP contribution in [0.5, 0.6) is 0 Å². The number of pyridine rings is 1. The van der Waals surface area contributed by atoms with E-state index in [0.29, 0.717) is 6.04 Å². The van der Waals surface area contributed by atoms with Crippen LogP contribution in [0.2, 0.25) is 0 Å². The highest BCUT2D eigenvalue weighted by Crippen LogP contribution is 2.14. The standard InChI is InChI=1S/C18H23N3/c1-15-7-9-19-11-17(15)12-20-18-8-10-21(14-18)13-16-5-3-2-4-6-16/h2-7,9,11,18,20H,8,10,12-14H2,1H3. The fourth-order valence-electron chi connectivity index (χ4n) is 2.92. The van der Waals surface area contributed by atoms with Gasteiger partial charge in [0.25, 0.3) is 0 Å². The number of hydrogen-bond donors (Lipinski definition) is 1. The largest absolute Gasteiger partial charge is 0.309 e. The predicted octanol–water partition coefficient (Wildman–Crippen LogP) is 2.75. The molecule has 1 aliphatic heterocycles. The SMILES string of the molecule is Cc1ccncc1CNC1CCN(Cc2ccccc2)C1. The van der Waals surface area contributed by atoms with Gasteiger partial charge in [-0.3, -0.25) is 9.88 Å². The molecule has 0 spiro atoms. The number of aromatic nitrogens is 1. The van der Waals surface area contributed by atoms with Crippen LogP contribution in [0.25, 0.3) is 0 Å². The van der Waals surface area contributed by atoms with E-state index in [1.54, 1.807) is 0 Å². The van der Waals surface area contributed by atoms with E-state index >= 15 is 0 Å². The summed E-state index contributed by atoms with van der Waals surface area (Å²) in [6, 6.07) is 13.4. The molecule has 1 aromatic carbocycles. The molecule has 1 saturated heterocycles. The van der Waals surface area contributed by atoms with Gasteiger partial charge >= 0.3 is 0 Å². The molecule has 3 nitrogen and oxygen atoms in total. The first kappa shape index (κ1) is 14.2. The van der Waals surface area contributed by atoms with Gasteiger partial charge in [0.05, 0.1) is 0 Å². The molecule has 2 aromatic rings. The highest BCUT2D eigenvalue weighted by Gasteiger charge is 2.21. The van der Waals surface area contributed by atoms with Crippen LogP contribution in [-0.2, 0) is 13.1 Å². The number of rotatable bonds is 5. The maximum Gasteiger partial charge on any atom is 0.0315 e. The Morgan fingerprint density at radius 1 is 1.24 bits per heavy atom. The Hall–Kier alpha value is -1.71. The smallest absolute Gasteiger partial charge is 0.0315 e. The van der Waals surface area contributed by atoms with Gasteiger partial charge in [-0.15, -0.1) is 0 Å². The summed E-state index contributed by atoms with van der Waals surface area (Å²) in [6.45, 7) is 6.44. The molecule has 0 radical (unpaired) electrons. The predicted molar refractivity (Wildman–Crippen MR) is 85.9 cm³/mol. The van der Waals surface area contributed by atoms with Gasteiger partial charge in [-0.1, -0.05) is 30.3 Å². The van der Waals surface area contributed by atoms with Crippen molar-refractivity contribution in [2.45, 2.75) is 32.5 Å². The van der Waals surface area contributed by atoms with Crippen molar-refractivity contribution in [3.05, 3.63) is 65.5 Å². The lowest BCUT2D eigenvalue weighted by molar-refractivity contribution is 0.320. The van der Waals surface area contributed by atoms with E-state index in [4.69, 9.17) is 0 Å². The lowest BCUT2D eigenvalue weighted by Gasteiger charge is -2.17. The van der Waals surface area contributed by atoms with Crippen LogP contribution < -0.4 is 5.32 Å². The normalized spacial score (nSPS) is 19.0. The van der Waals surface area contributed by atoms with E-state index in [1.165, 1.54) is 29.7 Å². The van der Waals surface area contributed by atoms with Crippen LogP contribution >= 0.6 is 0 Å². The molecule has 0 bridgehead atoms. The summed E-state index contributed by atoms with van der Waals surface area (Å²) < 4.78 is 0. The van der Waals surface area contributed by atoms with Gasteiger partial charge in [-0.25, -0.2) is 0 Å². The molecule has 1 N–H and O–H groups in total. The Morgan fingerprint density at radius 2 is 2.10 bits per heavy atom. The van der Waals surface area contributed by atoms with E-state index in [-0.39, 0.29) is 0 Å². The van der Waals surface area contributed by atoms with E-state index < -0.39 is 0 Å². The minimum absolute atomic E-state index is 0.591. The second-order valence-corrected chi connectivity index (χ2v) is 5.89. The van der Waals surface area contributed by atoms with Crippen molar-refractivity contribution < 1.29 is 0 Å². The molecule has 3 rings (SSSR count). The van der Waals surface area contributed by atoms with Crippen molar-refractivity contribution >= 4 is 0 Å². The maximum absolute atomic E-state index is 4.21. The topological polar surface area (TPSA) is 28.2 Å². The van der Waals surface area contributed by atoms with Crippen LogP contribution in [0, 0.1) is 6.92 Å². The lowest BCUT2D eigenvalue weighted by atomic mass is 10.1. The van der Waals surface area contributed by atoms with Crippen molar-refractivity contribution in [2.24, 2.45) is 0 Å². The van der Waals surface area contributed by atoms with E-state index in [0.717, 1.165) is 19.6 Å². The van der Waals surface area contributed by atoms with Crippen LogP contribution in [0.1, 0.15) is 23.1 Å². The molecule has 2 heterocycles. The summed E-state index contributed by atoms with van der Waals surface area (Å²) in [4.78, 5) is 6.74.